The van der Waals surface area contributed by atoms with Gasteiger partial charge in [-0.15, -0.1) is 0 Å². The topological polar surface area (TPSA) is 97.0 Å². The van der Waals surface area contributed by atoms with Gasteiger partial charge in [-0.05, 0) is 47.5 Å². The molecule has 1 heterocycles. The summed E-state index contributed by atoms with van der Waals surface area (Å²) in [5, 5.41) is 6.46. The standard InChI is InChI=1S/C16H29N3O5/c1-15(2,3)24-14(22)17-11(13(21)19(6)23-7)8-10-9-16(4,5)18-12(10)20/h10-11H,8-9H2,1-7H3,(H,17,22)(H,18,20)/t10-,11-/m0/s1. The molecule has 2 atom stereocenters. The van der Waals surface area contributed by atoms with Gasteiger partial charge in [0.25, 0.3) is 5.91 Å². The van der Waals surface area contributed by atoms with E-state index in [1.807, 2.05) is 13.8 Å². The average Bonchev–Trinajstić information content (AvgIpc) is 2.66. The van der Waals surface area contributed by atoms with Crippen LogP contribution < -0.4 is 10.6 Å². The van der Waals surface area contributed by atoms with E-state index in [0.29, 0.717) is 6.42 Å². The largest absolute Gasteiger partial charge is 0.444 e. The van der Waals surface area contributed by atoms with Crippen molar-refractivity contribution in [1.29, 1.82) is 0 Å². The molecule has 0 aromatic rings. The molecular formula is C16H29N3O5. The van der Waals surface area contributed by atoms with Crippen LogP contribution in [-0.4, -0.2) is 54.3 Å². The van der Waals surface area contributed by atoms with Gasteiger partial charge in [-0.3, -0.25) is 14.4 Å². The molecular weight excluding hydrogens is 314 g/mol. The van der Waals surface area contributed by atoms with E-state index >= 15 is 0 Å². The third kappa shape index (κ3) is 5.99. The van der Waals surface area contributed by atoms with E-state index in [0.717, 1.165) is 5.06 Å². The molecule has 2 N–H and O–H groups in total. The third-order valence-corrected chi connectivity index (χ3v) is 3.68. The fourth-order valence-electron chi connectivity index (χ4n) is 2.65. The smallest absolute Gasteiger partial charge is 0.408 e. The van der Waals surface area contributed by atoms with Crippen molar-refractivity contribution >= 4 is 17.9 Å². The normalized spacial score (nSPS) is 21.0. The van der Waals surface area contributed by atoms with Gasteiger partial charge in [0.2, 0.25) is 5.91 Å². The number of alkyl carbamates (subject to hydrolysis) is 1. The number of nitrogens with zero attached hydrogens (tertiary/aromatic N) is 1. The van der Waals surface area contributed by atoms with Crippen molar-refractivity contribution in [2.45, 2.75) is 64.6 Å². The first-order valence-corrected chi connectivity index (χ1v) is 7.98. The maximum atomic E-state index is 12.4. The molecule has 24 heavy (non-hydrogen) atoms. The molecule has 138 valence electrons. The maximum Gasteiger partial charge on any atom is 0.408 e. The van der Waals surface area contributed by atoms with Crippen LogP contribution in [0, 0.1) is 5.92 Å². The van der Waals surface area contributed by atoms with Gasteiger partial charge in [-0.2, -0.15) is 0 Å². The van der Waals surface area contributed by atoms with Crippen molar-refractivity contribution in [2.24, 2.45) is 5.92 Å². The molecule has 1 aliphatic heterocycles. The van der Waals surface area contributed by atoms with Gasteiger partial charge in [-0.1, -0.05) is 0 Å². The molecule has 1 fully saturated rings. The predicted molar refractivity (Wildman–Crippen MR) is 87.9 cm³/mol. The fourth-order valence-corrected chi connectivity index (χ4v) is 2.65. The van der Waals surface area contributed by atoms with Crippen LogP contribution in [0.15, 0.2) is 0 Å². The summed E-state index contributed by atoms with van der Waals surface area (Å²) in [6.45, 7) is 9.04. The van der Waals surface area contributed by atoms with Gasteiger partial charge in [0.15, 0.2) is 0 Å². The summed E-state index contributed by atoms with van der Waals surface area (Å²) < 4.78 is 5.20. The van der Waals surface area contributed by atoms with E-state index in [4.69, 9.17) is 9.57 Å². The highest BCUT2D eigenvalue weighted by atomic mass is 16.7. The Kier molecular flexibility index (Phi) is 6.21. The molecule has 8 heteroatoms. The molecule has 8 nitrogen and oxygen atoms in total. The van der Waals surface area contributed by atoms with Crippen LogP contribution in [0.2, 0.25) is 0 Å². The highest BCUT2D eigenvalue weighted by molar-refractivity contribution is 5.87. The number of hydrogen-bond donors (Lipinski definition) is 2. The van der Waals surface area contributed by atoms with Gasteiger partial charge >= 0.3 is 6.09 Å². The fraction of sp³-hybridized carbons (Fsp3) is 0.812. The van der Waals surface area contributed by atoms with E-state index < -0.39 is 23.6 Å². The first kappa shape index (κ1) is 20.2. The zero-order valence-corrected chi connectivity index (χ0v) is 15.6. The summed E-state index contributed by atoms with van der Waals surface area (Å²) in [6, 6.07) is -0.908. The first-order chi connectivity index (χ1) is 10.8. The van der Waals surface area contributed by atoms with Crippen molar-refractivity contribution in [3.8, 4) is 0 Å². The molecule has 0 aromatic carbocycles. The Morgan fingerprint density at radius 2 is 2.00 bits per heavy atom. The number of amides is 3. The number of hydrogen-bond acceptors (Lipinski definition) is 5. The molecule has 1 saturated heterocycles. The summed E-state index contributed by atoms with van der Waals surface area (Å²) in [4.78, 5) is 41.4. The monoisotopic (exact) mass is 343 g/mol. The summed E-state index contributed by atoms with van der Waals surface area (Å²) in [7, 11) is 2.80. The van der Waals surface area contributed by atoms with Crippen LogP contribution in [0.3, 0.4) is 0 Å². The minimum Gasteiger partial charge on any atom is -0.444 e. The van der Waals surface area contributed by atoms with Gasteiger partial charge in [0, 0.05) is 18.5 Å². The van der Waals surface area contributed by atoms with Crippen LogP contribution >= 0.6 is 0 Å². The number of likely N-dealkylation sites (N-methyl/N-ethyl adjacent to an activating group) is 1. The zero-order chi connectivity index (χ0) is 18.7. The van der Waals surface area contributed by atoms with E-state index in [1.165, 1.54) is 14.2 Å². The Balaban J connectivity index is 2.84. The Morgan fingerprint density at radius 3 is 2.42 bits per heavy atom. The molecule has 0 aromatic heterocycles. The molecule has 0 saturated carbocycles. The van der Waals surface area contributed by atoms with Gasteiger partial charge < -0.3 is 15.4 Å². The predicted octanol–water partition coefficient (Wildman–Crippen LogP) is 1.20. The number of ether oxygens (including phenoxy) is 1. The van der Waals surface area contributed by atoms with Crippen LogP contribution in [0.25, 0.3) is 0 Å². The van der Waals surface area contributed by atoms with Crippen LogP contribution in [0.5, 0.6) is 0 Å². The highest BCUT2D eigenvalue weighted by Crippen LogP contribution is 2.28. The summed E-state index contributed by atoms with van der Waals surface area (Å²) in [5.41, 5.74) is -1.01. The molecule has 3 amide bonds. The summed E-state index contributed by atoms with van der Waals surface area (Å²) in [5.74, 6) is -0.932. The number of nitrogens with one attached hydrogen (secondary N) is 2. The minimum atomic E-state index is -0.908. The van der Waals surface area contributed by atoms with E-state index in [1.54, 1.807) is 20.8 Å². The molecule has 0 bridgehead atoms. The van der Waals surface area contributed by atoms with Crippen molar-refractivity contribution < 1.29 is 24.0 Å². The summed E-state index contributed by atoms with van der Waals surface area (Å²) >= 11 is 0. The van der Waals surface area contributed by atoms with Crippen molar-refractivity contribution in [3.63, 3.8) is 0 Å². The Labute approximate surface area is 143 Å². The summed E-state index contributed by atoms with van der Waals surface area (Å²) in [6.07, 6.45) is 0.0617. The number of carbonyl (C=O) groups is 3. The van der Waals surface area contributed by atoms with E-state index in [9.17, 15) is 14.4 Å². The van der Waals surface area contributed by atoms with E-state index in [2.05, 4.69) is 10.6 Å². The Bertz CT molecular complexity index is 498. The van der Waals surface area contributed by atoms with Gasteiger partial charge in [0.05, 0.1) is 7.11 Å². The molecule has 1 aliphatic rings. The molecule has 0 unspecified atom stereocenters. The van der Waals surface area contributed by atoms with Crippen LogP contribution in [-0.2, 0) is 19.2 Å². The van der Waals surface area contributed by atoms with Gasteiger partial charge in [-0.25, -0.2) is 9.86 Å². The second kappa shape index (κ2) is 7.38. The highest BCUT2D eigenvalue weighted by Gasteiger charge is 2.40. The number of carbonyl (C=O) groups excluding carboxylic acids is 3. The maximum absolute atomic E-state index is 12.4. The number of rotatable bonds is 5. The second-order valence-corrected chi connectivity index (χ2v) is 7.73. The minimum absolute atomic E-state index is 0.121. The first-order valence-electron chi connectivity index (χ1n) is 7.98. The van der Waals surface area contributed by atoms with E-state index in [-0.39, 0.29) is 23.8 Å². The van der Waals surface area contributed by atoms with Crippen LogP contribution in [0.1, 0.15) is 47.5 Å². The number of hydroxylamine groups is 2. The third-order valence-electron chi connectivity index (χ3n) is 3.68. The lowest BCUT2D eigenvalue weighted by molar-refractivity contribution is -0.171. The van der Waals surface area contributed by atoms with Crippen molar-refractivity contribution in [1.82, 2.24) is 15.7 Å². The molecule has 0 aliphatic carbocycles. The molecule has 0 radical (unpaired) electrons. The SMILES string of the molecule is CON(C)C(=O)[C@H](C[C@H]1CC(C)(C)NC1=O)NC(=O)OC(C)(C)C. The molecule has 0 spiro atoms. The molecule has 1 rings (SSSR count). The Hall–Kier alpha value is -1.83. The van der Waals surface area contributed by atoms with Crippen molar-refractivity contribution in [3.05, 3.63) is 0 Å². The quantitative estimate of drug-likeness (QED) is 0.731. The second-order valence-electron chi connectivity index (χ2n) is 7.73. The van der Waals surface area contributed by atoms with Gasteiger partial charge in [0.1, 0.15) is 11.6 Å². The lowest BCUT2D eigenvalue weighted by Gasteiger charge is -2.26. The van der Waals surface area contributed by atoms with Crippen LogP contribution in [0.4, 0.5) is 4.79 Å². The lowest BCUT2D eigenvalue weighted by Crippen LogP contribution is -2.49. The lowest BCUT2D eigenvalue weighted by atomic mass is 9.91. The Morgan fingerprint density at radius 1 is 1.42 bits per heavy atom. The average molecular weight is 343 g/mol. The van der Waals surface area contributed by atoms with Crippen molar-refractivity contribution in [2.75, 3.05) is 14.2 Å². The zero-order valence-electron chi connectivity index (χ0n) is 15.6.